The largest absolute Gasteiger partial charge is 0.480 e. The number of amides is 1. The number of carboxylic acids is 1. The van der Waals surface area contributed by atoms with Crippen LogP contribution < -0.4 is 5.32 Å². The predicted octanol–water partition coefficient (Wildman–Crippen LogP) is 2.14. The molecule has 1 aromatic rings. The molecule has 5 nitrogen and oxygen atoms in total. The molecule has 1 fully saturated rings. The molecule has 1 saturated carbocycles. The van der Waals surface area contributed by atoms with E-state index in [-0.39, 0.29) is 25.0 Å². The number of aryl methyl sites for hydroxylation is 1. The molecule has 0 saturated heterocycles. The third kappa shape index (κ3) is 4.21. The Morgan fingerprint density at radius 2 is 2.10 bits per heavy atom. The molecular formula is C14H17ClN2O3. The molecule has 6 heteroatoms. The van der Waals surface area contributed by atoms with Gasteiger partial charge in [-0.25, -0.2) is 0 Å². The van der Waals surface area contributed by atoms with E-state index in [2.05, 4.69) is 5.32 Å². The molecule has 1 aliphatic rings. The zero-order chi connectivity index (χ0) is 14.7. The molecular weight excluding hydrogens is 280 g/mol. The van der Waals surface area contributed by atoms with E-state index in [1.165, 1.54) is 0 Å². The van der Waals surface area contributed by atoms with Crippen molar-refractivity contribution < 1.29 is 14.7 Å². The van der Waals surface area contributed by atoms with E-state index in [4.69, 9.17) is 16.7 Å². The van der Waals surface area contributed by atoms with E-state index < -0.39 is 5.97 Å². The first-order chi connectivity index (χ1) is 9.45. The number of carboxylic acid groups (broad SMARTS) is 1. The predicted molar refractivity (Wildman–Crippen MR) is 77.0 cm³/mol. The Balaban J connectivity index is 1.95. The highest BCUT2D eigenvalue weighted by Gasteiger charge is 2.31. The van der Waals surface area contributed by atoms with Gasteiger partial charge in [0.1, 0.15) is 0 Å². The third-order valence-corrected chi connectivity index (χ3v) is 3.46. The fourth-order valence-electron chi connectivity index (χ4n) is 2.02. The van der Waals surface area contributed by atoms with E-state index in [0.29, 0.717) is 10.7 Å². The second kappa shape index (κ2) is 6.24. The molecule has 0 aliphatic heterocycles. The van der Waals surface area contributed by atoms with Crippen molar-refractivity contribution >= 4 is 29.2 Å². The molecule has 0 aromatic heterocycles. The Labute approximate surface area is 122 Å². The molecule has 0 radical (unpaired) electrons. The number of nitrogens with zero attached hydrogens (tertiary/aromatic N) is 1. The third-order valence-electron chi connectivity index (χ3n) is 3.15. The van der Waals surface area contributed by atoms with Gasteiger partial charge in [-0.2, -0.15) is 0 Å². The summed E-state index contributed by atoms with van der Waals surface area (Å²) in [7, 11) is 0. The second-order valence-corrected chi connectivity index (χ2v) is 5.47. The lowest BCUT2D eigenvalue weighted by Crippen LogP contribution is -2.38. The monoisotopic (exact) mass is 296 g/mol. The highest BCUT2D eigenvalue weighted by atomic mass is 35.5. The van der Waals surface area contributed by atoms with Gasteiger partial charge in [-0.1, -0.05) is 17.7 Å². The van der Waals surface area contributed by atoms with Gasteiger partial charge in [0.15, 0.2) is 0 Å². The number of rotatable bonds is 6. The van der Waals surface area contributed by atoms with Crippen LogP contribution in [0, 0.1) is 6.92 Å². The van der Waals surface area contributed by atoms with Gasteiger partial charge in [0.05, 0.1) is 23.8 Å². The maximum atomic E-state index is 12.0. The van der Waals surface area contributed by atoms with Crippen molar-refractivity contribution in [3.05, 3.63) is 28.8 Å². The Morgan fingerprint density at radius 1 is 1.40 bits per heavy atom. The molecule has 1 amide bonds. The minimum absolute atomic E-state index is 0.0706. The molecule has 108 valence electrons. The fourth-order valence-corrected chi connectivity index (χ4v) is 2.31. The molecule has 2 rings (SSSR count). The van der Waals surface area contributed by atoms with E-state index in [1.54, 1.807) is 17.0 Å². The summed E-state index contributed by atoms with van der Waals surface area (Å²) >= 11 is 6.05. The number of hydrogen-bond acceptors (Lipinski definition) is 3. The number of anilines is 1. The first kappa shape index (κ1) is 14.8. The van der Waals surface area contributed by atoms with Crippen LogP contribution in [0.3, 0.4) is 0 Å². The van der Waals surface area contributed by atoms with Crippen molar-refractivity contribution in [1.29, 1.82) is 0 Å². The first-order valence-corrected chi connectivity index (χ1v) is 6.85. The van der Waals surface area contributed by atoms with Crippen LogP contribution >= 0.6 is 11.6 Å². The number of carbonyl (C=O) groups excluding carboxylic acids is 1. The number of nitrogens with one attached hydrogen (secondary N) is 1. The lowest BCUT2D eigenvalue weighted by molar-refractivity contribution is -0.138. The molecule has 1 aromatic carbocycles. The highest BCUT2D eigenvalue weighted by Crippen LogP contribution is 2.27. The summed E-state index contributed by atoms with van der Waals surface area (Å²) in [5.74, 6) is -1.16. The van der Waals surface area contributed by atoms with Gasteiger partial charge >= 0.3 is 5.97 Å². The first-order valence-electron chi connectivity index (χ1n) is 6.47. The van der Waals surface area contributed by atoms with Crippen molar-refractivity contribution in [2.75, 3.05) is 18.4 Å². The minimum atomic E-state index is -0.918. The van der Waals surface area contributed by atoms with Crippen LogP contribution in [-0.2, 0) is 9.59 Å². The number of halogens is 1. The smallest absolute Gasteiger partial charge is 0.317 e. The van der Waals surface area contributed by atoms with Gasteiger partial charge in [-0.05, 0) is 37.5 Å². The van der Waals surface area contributed by atoms with Crippen LogP contribution in [0.4, 0.5) is 5.69 Å². The van der Waals surface area contributed by atoms with Crippen molar-refractivity contribution in [3.63, 3.8) is 0 Å². The van der Waals surface area contributed by atoms with Gasteiger partial charge in [-0.15, -0.1) is 0 Å². The summed E-state index contributed by atoms with van der Waals surface area (Å²) < 4.78 is 0. The van der Waals surface area contributed by atoms with Gasteiger partial charge in [0, 0.05) is 6.04 Å². The Kier molecular flexibility index (Phi) is 4.62. The van der Waals surface area contributed by atoms with Gasteiger partial charge in [0.2, 0.25) is 5.91 Å². The number of carbonyl (C=O) groups is 2. The van der Waals surface area contributed by atoms with Gasteiger partial charge in [0.25, 0.3) is 0 Å². The Bertz CT molecular complexity index is 529. The van der Waals surface area contributed by atoms with Crippen LogP contribution in [-0.4, -0.2) is 41.0 Å². The quantitative estimate of drug-likeness (QED) is 0.844. The molecule has 20 heavy (non-hydrogen) atoms. The van der Waals surface area contributed by atoms with Crippen LogP contribution in [0.25, 0.3) is 0 Å². The minimum Gasteiger partial charge on any atom is -0.480 e. The van der Waals surface area contributed by atoms with Crippen molar-refractivity contribution in [2.45, 2.75) is 25.8 Å². The van der Waals surface area contributed by atoms with Crippen molar-refractivity contribution in [2.24, 2.45) is 0 Å². The summed E-state index contributed by atoms with van der Waals surface area (Å²) in [4.78, 5) is 24.4. The molecule has 0 bridgehead atoms. The summed E-state index contributed by atoms with van der Waals surface area (Å²) in [6.45, 7) is 1.88. The lowest BCUT2D eigenvalue weighted by atomic mass is 10.2. The topological polar surface area (TPSA) is 69.6 Å². The van der Waals surface area contributed by atoms with E-state index in [9.17, 15) is 9.59 Å². The maximum absolute atomic E-state index is 12.0. The van der Waals surface area contributed by atoms with Crippen LogP contribution in [0.2, 0.25) is 5.02 Å². The van der Waals surface area contributed by atoms with Gasteiger partial charge < -0.3 is 10.4 Å². The number of hydrogen-bond donors (Lipinski definition) is 2. The summed E-state index contributed by atoms with van der Waals surface area (Å²) in [5, 5.41) is 12.0. The second-order valence-electron chi connectivity index (χ2n) is 5.06. The van der Waals surface area contributed by atoms with Gasteiger partial charge in [-0.3, -0.25) is 14.5 Å². The summed E-state index contributed by atoms with van der Waals surface area (Å²) in [6, 6.07) is 5.59. The highest BCUT2D eigenvalue weighted by molar-refractivity contribution is 6.33. The molecule has 0 heterocycles. The number of benzene rings is 1. The van der Waals surface area contributed by atoms with E-state index in [0.717, 1.165) is 18.4 Å². The SMILES string of the molecule is Cc1ccc(NC(=O)CN(CC(=O)O)C2CC2)c(Cl)c1. The maximum Gasteiger partial charge on any atom is 0.317 e. The van der Waals surface area contributed by atoms with Crippen LogP contribution in [0.15, 0.2) is 18.2 Å². The summed E-state index contributed by atoms with van der Waals surface area (Å²) in [5.41, 5.74) is 1.56. The Hall–Kier alpha value is -1.59. The normalized spacial score (nSPS) is 14.3. The zero-order valence-corrected chi connectivity index (χ0v) is 12.0. The molecule has 1 aliphatic carbocycles. The van der Waals surface area contributed by atoms with Crippen LogP contribution in [0.1, 0.15) is 18.4 Å². The van der Waals surface area contributed by atoms with Crippen molar-refractivity contribution in [1.82, 2.24) is 4.90 Å². The average Bonchev–Trinajstić information content (AvgIpc) is 3.15. The Morgan fingerprint density at radius 3 is 2.65 bits per heavy atom. The standard InChI is InChI=1S/C14H17ClN2O3/c1-9-2-5-12(11(15)6-9)16-13(18)7-17(8-14(19)20)10-3-4-10/h2,5-6,10H,3-4,7-8H2,1H3,(H,16,18)(H,19,20). The average molecular weight is 297 g/mol. The molecule has 0 atom stereocenters. The van der Waals surface area contributed by atoms with Crippen molar-refractivity contribution in [3.8, 4) is 0 Å². The molecule has 0 unspecified atom stereocenters. The zero-order valence-electron chi connectivity index (χ0n) is 11.2. The van der Waals surface area contributed by atoms with E-state index >= 15 is 0 Å². The summed E-state index contributed by atoms with van der Waals surface area (Å²) in [6.07, 6.45) is 1.90. The number of aliphatic carboxylic acids is 1. The molecule has 0 spiro atoms. The fraction of sp³-hybridized carbons (Fsp3) is 0.429. The van der Waals surface area contributed by atoms with E-state index in [1.807, 2.05) is 13.0 Å². The van der Waals surface area contributed by atoms with Crippen LogP contribution in [0.5, 0.6) is 0 Å². The lowest BCUT2D eigenvalue weighted by Gasteiger charge is -2.19. The molecule has 2 N–H and O–H groups in total.